The van der Waals surface area contributed by atoms with Crippen molar-refractivity contribution in [1.82, 2.24) is 9.97 Å². The van der Waals surface area contributed by atoms with Crippen molar-refractivity contribution in [2.45, 2.75) is 24.0 Å². The number of nitrogens with one attached hydrogen (secondary N) is 1. The molecule has 0 saturated heterocycles. The highest BCUT2D eigenvalue weighted by molar-refractivity contribution is 7.99. The number of anilines is 2. The summed E-state index contributed by atoms with van der Waals surface area (Å²) < 4.78 is 6.15. The van der Waals surface area contributed by atoms with Gasteiger partial charge in [0.15, 0.2) is 16.7 Å². The minimum absolute atomic E-state index is 0. The third kappa shape index (κ3) is 5.75. The first-order chi connectivity index (χ1) is 14.2. The molecule has 1 atom stereocenters. The summed E-state index contributed by atoms with van der Waals surface area (Å²) in [6, 6.07) is 22.2. The highest BCUT2D eigenvalue weighted by Crippen LogP contribution is 2.39. The molecular weight excluding hydrogens is 434 g/mol. The van der Waals surface area contributed by atoms with Crippen LogP contribution >= 0.6 is 35.5 Å². The molecule has 1 N–H and O–H groups in total. The largest absolute Gasteiger partial charge is 0.453 e. The lowest BCUT2D eigenvalue weighted by molar-refractivity contribution is 0.481. The second kappa shape index (κ2) is 10.5. The van der Waals surface area contributed by atoms with Crippen LogP contribution in [-0.2, 0) is 0 Å². The van der Waals surface area contributed by atoms with Crippen molar-refractivity contribution in [3.63, 3.8) is 0 Å². The van der Waals surface area contributed by atoms with Gasteiger partial charge in [-0.05, 0) is 37.6 Å². The number of benzene rings is 2. The lowest BCUT2D eigenvalue weighted by Crippen LogP contribution is -1.98. The summed E-state index contributed by atoms with van der Waals surface area (Å²) in [6.07, 6.45) is 1.88. The van der Waals surface area contributed by atoms with Crippen LogP contribution in [0.5, 0.6) is 11.5 Å². The van der Waals surface area contributed by atoms with Crippen molar-refractivity contribution < 1.29 is 4.74 Å². The summed E-state index contributed by atoms with van der Waals surface area (Å²) in [7, 11) is 0. The van der Waals surface area contributed by atoms with Crippen molar-refractivity contribution in [2.75, 3.05) is 5.32 Å². The van der Waals surface area contributed by atoms with Crippen molar-refractivity contribution >= 4 is 46.5 Å². The van der Waals surface area contributed by atoms with E-state index in [1.807, 2.05) is 61.0 Å². The molecule has 4 aromatic rings. The number of pyridine rings is 1. The molecule has 0 radical (unpaired) electrons. The quantitative estimate of drug-likeness (QED) is 0.290. The van der Waals surface area contributed by atoms with Crippen LogP contribution in [-0.4, -0.2) is 9.97 Å². The first kappa shape index (κ1) is 22.2. The van der Waals surface area contributed by atoms with Gasteiger partial charge in [-0.15, -0.1) is 35.5 Å². The Morgan fingerprint density at radius 1 is 1.03 bits per heavy atom. The average molecular weight is 456 g/mol. The van der Waals surface area contributed by atoms with Gasteiger partial charge < -0.3 is 10.1 Å². The zero-order chi connectivity index (χ0) is 20.1. The Morgan fingerprint density at radius 2 is 1.73 bits per heavy atom. The van der Waals surface area contributed by atoms with Gasteiger partial charge in [-0.1, -0.05) is 48.5 Å². The lowest BCUT2D eigenvalue weighted by Gasteiger charge is -2.15. The van der Waals surface area contributed by atoms with Gasteiger partial charge >= 0.3 is 0 Å². The van der Waals surface area contributed by atoms with E-state index < -0.39 is 0 Å². The summed E-state index contributed by atoms with van der Waals surface area (Å²) in [4.78, 5) is 10.2. The van der Waals surface area contributed by atoms with Gasteiger partial charge in [-0.3, -0.25) is 0 Å². The highest BCUT2D eigenvalue weighted by atomic mass is 35.5. The van der Waals surface area contributed by atoms with E-state index in [1.54, 1.807) is 23.1 Å². The fraction of sp³-hybridized carbons (Fsp3) is 0.130. The second-order valence-corrected chi connectivity index (χ2v) is 8.79. The molecule has 2 heterocycles. The number of thiazole rings is 1. The standard InChI is InChI=1S/C23H21N3OS2.ClH/c1-16-15-28-23(25-16)26-22-21(27-19-11-7-4-8-12-19)13-20(14-24-22)29-17(2)18-9-5-3-6-10-18;/h3-15,17H,1-2H3,(H,24,25,26);1H. The first-order valence-corrected chi connectivity index (χ1v) is 11.1. The van der Waals surface area contributed by atoms with E-state index in [2.05, 4.69) is 46.5 Å². The Kier molecular flexibility index (Phi) is 7.74. The van der Waals surface area contributed by atoms with Crippen molar-refractivity contribution in [3.8, 4) is 11.5 Å². The fourth-order valence-electron chi connectivity index (χ4n) is 2.79. The monoisotopic (exact) mass is 455 g/mol. The zero-order valence-corrected chi connectivity index (χ0v) is 19.1. The van der Waals surface area contributed by atoms with Gasteiger partial charge in [-0.2, -0.15) is 0 Å². The van der Waals surface area contributed by atoms with Gasteiger partial charge in [0, 0.05) is 21.7 Å². The summed E-state index contributed by atoms with van der Waals surface area (Å²) in [5, 5.41) is 6.40. The number of aryl methyl sites for hydroxylation is 1. The van der Waals surface area contributed by atoms with E-state index in [0.717, 1.165) is 21.5 Å². The molecule has 0 aliphatic heterocycles. The molecule has 0 aliphatic rings. The maximum atomic E-state index is 6.15. The van der Waals surface area contributed by atoms with E-state index in [4.69, 9.17) is 4.74 Å². The second-order valence-electron chi connectivity index (χ2n) is 6.52. The fourth-order valence-corrected chi connectivity index (χ4v) is 4.46. The molecule has 0 amide bonds. The number of para-hydroxylation sites is 1. The third-order valence-corrected chi connectivity index (χ3v) is 6.22. The van der Waals surface area contributed by atoms with Gasteiger partial charge in [0.1, 0.15) is 5.75 Å². The van der Waals surface area contributed by atoms with Gasteiger partial charge in [0.2, 0.25) is 0 Å². The molecule has 0 spiro atoms. The molecule has 2 aromatic heterocycles. The molecule has 4 nitrogen and oxygen atoms in total. The summed E-state index contributed by atoms with van der Waals surface area (Å²) in [6.45, 7) is 4.17. The SMILES string of the molecule is Cc1csc(Nc2ncc(SC(C)c3ccccc3)cc2Oc2ccccc2)n1.Cl. The van der Waals surface area contributed by atoms with Crippen LogP contribution in [0.1, 0.15) is 23.4 Å². The van der Waals surface area contributed by atoms with Gasteiger partial charge in [-0.25, -0.2) is 9.97 Å². The number of hydrogen-bond donors (Lipinski definition) is 1. The van der Waals surface area contributed by atoms with Crippen molar-refractivity contribution in [2.24, 2.45) is 0 Å². The Morgan fingerprint density at radius 3 is 2.40 bits per heavy atom. The topological polar surface area (TPSA) is 47.0 Å². The first-order valence-electron chi connectivity index (χ1n) is 9.31. The number of nitrogens with zero attached hydrogens (tertiary/aromatic N) is 2. The maximum absolute atomic E-state index is 6.15. The number of ether oxygens (including phenoxy) is 1. The molecule has 0 bridgehead atoms. The molecule has 7 heteroatoms. The smallest absolute Gasteiger partial charge is 0.188 e. The molecule has 2 aromatic carbocycles. The number of aromatic nitrogens is 2. The minimum atomic E-state index is 0. The van der Waals surface area contributed by atoms with Crippen molar-refractivity contribution in [1.29, 1.82) is 0 Å². The van der Waals surface area contributed by atoms with Crippen LogP contribution in [0.25, 0.3) is 0 Å². The molecule has 30 heavy (non-hydrogen) atoms. The number of thioether (sulfide) groups is 1. The molecule has 0 aliphatic carbocycles. The van der Waals surface area contributed by atoms with E-state index in [-0.39, 0.29) is 12.4 Å². The van der Waals surface area contributed by atoms with Gasteiger partial charge in [0.25, 0.3) is 0 Å². The predicted octanol–water partition coefficient (Wildman–Crippen LogP) is 7.66. The Bertz CT molecular complexity index is 1070. The van der Waals surface area contributed by atoms with E-state index in [1.165, 1.54) is 5.56 Å². The van der Waals surface area contributed by atoms with Crippen LogP contribution in [0.15, 0.2) is 83.2 Å². The minimum Gasteiger partial charge on any atom is -0.453 e. The highest BCUT2D eigenvalue weighted by Gasteiger charge is 2.13. The average Bonchev–Trinajstić information content (AvgIpc) is 3.16. The van der Waals surface area contributed by atoms with E-state index in [9.17, 15) is 0 Å². The number of halogens is 1. The molecule has 0 fully saturated rings. The summed E-state index contributed by atoms with van der Waals surface area (Å²) in [5.41, 5.74) is 2.26. The molecule has 154 valence electrons. The Hall–Kier alpha value is -2.54. The summed E-state index contributed by atoms with van der Waals surface area (Å²) >= 11 is 3.31. The third-order valence-electron chi connectivity index (χ3n) is 4.22. The van der Waals surface area contributed by atoms with Gasteiger partial charge in [0.05, 0.1) is 5.69 Å². The van der Waals surface area contributed by atoms with E-state index in [0.29, 0.717) is 16.8 Å². The molecule has 0 saturated carbocycles. The molecule has 4 rings (SSSR count). The van der Waals surface area contributed by atoms with Crippen molar-refractivity contribution in [3.05, 3.63) is 89.6 Å². The Balaban J connectivity index is 0.00000256. The van der Waals surface area contributed by atoms with E-state index >= 15 is 0 Å². The van der Waals surface area contributed by atoms with Crippen LogP contribution in [0.3, 0.4) is 0 Å². The lowest BCUT2D eigenvalue weighted by atomic mass is 10.2. The summed E-state index contributed by atoms with van der Waals surface area (Å²) in [5.74, 6) is 2.10. The molecule has 1 unspecified atom stereocenters. The molecular formula is C23H22ClN3OS2. The number of hydrogen-bond acceptors (Lipinski definition) is 6. The van der Waals surface area contributed by atoms with Crippen LogP contribution in [0, 0.1) is 6.92 Å². The van der Waals surface area contributed by atoms with Crippen LogP contribution < -0.4 is 10.1 Å². The van der Waals surface area contributed by atoms with Crippen LogP contribution in [0.2, 0.25) is 0 Å². The van der Waals surface area contributed by atoms with Crippen LogP contribution in [0.4, 0.5) is 10.9 Å². The Labute approximate surface area is 191 Å². The zero-order valence-electron chi connectivity index (χ0n) is 16.6. The normalized spacial score (nSPS) is 11.4. The maximum Gasteiger partial charge on any atom is 0.188 e. The number of rotatable bonds is 7. The predicted molar refractivity (Wildman–Crippen MR) is 129 cm³/mol.